The van der Waals surface area contributed by atoms with E-state index in [1.807, 2.05) is 4.72 Å². The van der Waals surface area contributed by atoms with Crippen LogP contribution in [0.1, 0.15) is 0 Å². The van der Waals surface area contributed by atoms with Crippen molar-refractivity contribution in [1.29, 1.82) is 0 Å². The molecule has 2 aromatic carbocycles. The molecule has 1 heterocycles. The van der Waals surface area contributed by atoms with Crippen LogP contribution in [0.25, 0.3) is 10.9 Å². The third kappa shape index (κ3) is 4.15. The van der Waals surface area contributed by atoms with Gasteiger partial charge in [-0.2, -0.15) is 9.40 Å². The van der Waals surface area contributed by atoms with Gasteiger partial charge in [-0.05, 0) is 24.3 Å². The molecule has 0 unspecified atom stereocenters. The van der Waals surface area contributed by atoms with E-state index in [0.717, 1.165) is 16.8 Å². The van der Waals surface area contributed by atoms with E-state index in [1.54, 1.807) is 24.3 Å². The molecule has 3 rings (SSSR count). The molecule has 1 aromatic heterocycles. The second-order valence-corrected chi connectivity index (χ2v) is 7.05. The largest absolute Gasteiger partial charge is 0.441 e. The monoisotopic (exact) mass is 392 g/mol. The molecule has 0 aliphatic rings. The zero-order valence-corrected chi connectivity index (χ0v) is 14.5. The van der Waals surface area contributed by atoms with E-state index in [4.69, 9.17) is 4.74 Å². The SMILES string of the molecule is O=C(CNS(=O)(=O)c1ccccc1F)OCn1nnc2ccccc2c1=O. The smallest absolute Gasteiger partial charge is 0.322 e. The minimum atomic E-state index is -4.23. The molecule has 0 aliphatic carbocycles. The number of rotatable bonds is 6. The number of ether oxygens (including phenoxy) is 1. The minimum absolute atomic E-state index is 0.295. The summed E-state index contributed by atoms with van der Waals surface area (Å²) in [7, 11) is -4.23. The first-order valence-electron chi connectivity index (χ1n) is 7.61. The third-order valence-electron chi connectivity index (χ3n) is 3.51. The molecule has 1 N–H and O–H groups in total. The van der Waals surface area contributed by atoms with Gasteiger partial charge >= 0.3 is 5.97 Å². The topological polar surface area (TPSA) is 120 Å². The number of nitrogens with one attached hydrogen (secondary N) is 1. The van der Waals surface area contributed by atoms with Gasteiger partial charge in [0.15, 0.2) is 6.73 Å². The standard InChI is InChI=1S/C16H13FN4O5S/c17-12-6-2-4-8-14(12)27(24,25)18-9-15(22)26-10-21-16(23)11-5-1-3-7-13(11)19-20-21/h1-8,18H,9-10H2. The van der Waals surface area contributed by atoms with Crippen molar-refractivity contribution in [2.45, 2.75) is 11.6 Å². The lowest BCUT2D eigenvalue weighted by Crippen LogP contribution is -2.33. The quantitative estimate of drug-likeness (QED) is 0.603. The fourth-order valence-corrected chi connectivity index (χ4v) is 3.23. The lowest BCUT2D eigenvalue weighted by atomic mass is 10.2. The van der Waals surface area contributed by atoms with Crippen molar-refractivity contribution in [2.24, 2.45) is 0 Å². The summed E-state index contributed by atoms with van der Waals surface area (Å²) in [5.41, 5.74) is -0.122. The Morgan fingerprint density at radius 3 is 2.63 bits per heavy atom. The Bertz CT molecular complexity index is 1160. The van der Waals surface area contributed by atoms with Gasteiger partial charge in [0, 0.05) is 0 Å². The van der Waals surface area contributed by atoms with Crippen molar-refractivity contribution < 1.29 is 22.3 Å². The van der Waals surface area contributed by atoms with Crippen LogP contribution < -0.4 is 10.3 Å². The molecule has 0 bridgehead atoms. The molecule has 0 atom stereocenters. The van der Waals surface area contributed by atoms with E-state index in [1.165, 1.54) is 12.1 Å². The summed E-state index contributed by atoms with van der Waals surface area (Å²) in [5.74, 6) is -1.92. The van der Waals surface area contributed by atoms with Gasteiger partial charge in [0.1, 0.15) is 22.8 Å². The van der Waals surface area contributed by atoms with Crippen molar-refractivity contribution in [2.75, 3.05) is 6.54 Å². The molecule has 9 nitrogen and oxygen atoms in total. The molecule has 27 heavy (non-hydrogen) atoms. The van der Waals surface area contributed by atoms with Crippen LogP contribution in [0.4, 0.5) is 4.39 Å². The van der Waals surface area contributed by atoms with Gasteiger partial charge in [-0.25, -0.2) is 12.8 Å². The van der Waals surface area contributed by atoms with Crippen molar-refractivity contribution in [1.82, 2.24) is 19.7 Å². The van der Waals surface area contributed by atoms with Crippen LogP contribution in [0.2, 0.25) is 0 Å². The lowest BCUT2D eigenvalue weighted by molar-refractivity contribution is -0.146. The van der Waals surface area contributed by atoms with Crippen molar-refractivity contribution in [3.8, 4) is 0 Å². The van der Waals surface area contributed by atoms with Gasteiger partial charge in [0.05, 0.1) is 5.39 Å². The number of hydrogen-bond donors (Lipinski definition) is 1. The van der Waals surface area contributed by atoms with Gasteiger partial charge in [0.25, 0.3) is 5.56 Å². The first-order chi connectivity index (χ1) is 12.9. The molecular formula is C16H13FN4O5S. The highest BCUT2D eigenvalue weighted by Crippen LogP contribution is 2.12. The number of carbonyl (C=O) groups excluding carboxylic acids is 1. The Morgan fingerprint density at radius 2 is 1.85 bits per heavy atom. The molecule has 140 valence electrons. The number of nitrogens with zero attached hydrogens (tertiary/aromatic N) is 3. The normalized spacial score (nSPS) is 11.4. The van der Waals surface area contributed by atoms with Crippen LogP contribution in [-0.2, 0) is 26.3 Å². The number of halogens is 1. The summed E-state index contributed by atoms with van der Waals surface area (Å²) in [6.45, 7) is -1.29. The molecule has 0 spiro atoms. The van der Waals surface area contributed by atoms with Crippen molar-refractivity contribution in [3.63, 3.8) is 0 Å². The Labute approximate surface area is 152 Å². The van der Waals surface area contributed by atoms with Crippen LogP contribution in [-0.4, -0.2) is 35.9 Å². The summed E-state index contributed by atoms with van der Waals surface area (Å²) >= 11 is 0. The van der Waals surface area contributed by atoms with Gasteiger partial charge in [-0.1, -0.05) is 29.5 Å². The molecular weight excluding hydrogens is 379 g/mol. The second kappa shape index (κ2) is 7.60. The van der Waals surface area contributed by atoms with E-state index >= 15 is 0 Å². The van der Waals surface area contributed by atoms with Crippen molar-refractivity contribution >= 4 is 26.9 Å². The average molecular weight is 392 g/mol. The highest BCUT2D eigenvalue weighted by molar-refractivity contribution is 7.89. The van der Waals surface area contributed by atoms with Crippen LogP contribution in [0.3, 0.4) is 0 Å². The predicted molar refractivity (Wildman–Crippen MR) is 91.5 cm³/mol. The molecule has 11 heteroatoms. The molecule has 3 aromatic rings. The Balaban J connectivity index is 1.63. The van der Waals surface area contributed by atoms with E-state index in [2.05, 4.69) is 10.3 Å². The Hall–Kier alpha value is -3.18. The van der Waals surface area contributed by atoms with E-state index < -0.39 is 45.5 Å². The van der Waals surface area contributed by atoms with E-state index in [0.29, 0.717) is 10.9 Å². The molecule has 0 saturated carbocycles. The maximum absolute atomic E-state index is 13.6. The molecule has 0 amide bonds. The Kier molecular flexibility index (Phi) is 5.23. The summed E-state index contributed by atoms with van der Waals surface area (Å²) in [5, 5.41) is 7.75. The van der Waals surface area contributed by atoms with Gasteiger partial charge in [-0.15, -0.1) is 5.10 Å². The fraction of sp³-hybridized carbons (Fsp3) is 0.125. The number of hydrogen-bond acceptors (Lipinski definition) is 7. The maximum atomic E-state index is 13.6. The summed E-state index contributed by atoms with van der Waals surface area (Å²) in [4.78, 5) is 23.4. The first kappa shape index (κ1) is 18.6. The zero-order chi connectivity index (χ0) is 19.4. The fourth-order valence-electron chi connectivity index (χ4n) is 2.19. The number of benzene rings is 2. The van der Waals surface area contributed by atoms with E-state index in [9.17, 15) is 22.4 Å². The summed E-state index contributed by atoms with van der Waals surface area (Å²) < 4.78 is 45.1. The minimum Gasteiger partial charge on any atom is -0.441 e. The van der Waals surface area contributed by atoms with Gasteiger partial charge in [-0.3, -0.25) is 9.59 Å². The average Bonchev–Trinajstić information content (AvgIpc) is 2.66. The summed E-state index contributed by atoms with van der Waals surface area (Å²) in [6, 6.07) is 11.2. The van der Waals surface area contributed by atoms with E-state index in [-0.39, 0.29) is 0 Å². The van der Waals surface area contributed by atoms with Crippen LogP contribution in [0.15, 0.2) is 58.2 Å². The number of sulfonamides is 1. The number of aromatic nitrogens is 3. The highest BCUT2D eigenvalue weighted by Gasteiger charge is 2.20. The molecule has 0 saturated heterocycles. The van der Waals surface area contributed by atoms with Crippen LogP contribution in [0.5, 0.6) is 0 Å². The molecule has 0 radical (unpaired) electrons. The van der Waals surface area contributed by atoms with Gasteiger partial charge in [0.2, 0.25) is 10.0 Å². The lowest BCUT2D eigenvalue weighted by Gasteiger charge is -2.08. The zero-order valence-electron chi connectivity index (χ0n) is 13.7. The number of carbonyl (C=O) groups is 1. The highest BCUT2D eigenvalue weighted by atomic mass is 32.2. The summed E-state index contributed by atoms with van der Waals surface area (Å²) in [6.07, 6.45) is 0. The van der Waals surface area contributed by atoms with Crippen molar-refractivity contribution in [3.05, 3.63) is 64.7 Å². The van der Waals surface area contributed by atoms with Crippen LogP contribution in [0, 0.1) is 5.82 Å². The second-order valence-electron chi connectivity index (χ2n) is 5.31. The first-order valence-corrected chi connectivity index (χ1v) is 9.09. The van der Waals surface area contributed by atoms with Crippen LogP contribution >= 0.6 is 0 Å². The van der Waals surface area contributed by atoms with Gasteiger partial charge < -0.3 is 4.74 Å². The predicted octanol–water partition coefficient (Wildman–Crippen LogP) is 0.410. The Morgan fingerprint density at radius 1 is 1.15 bits per heavy atom. The molecule has 0 aliphatic heterocycles. The molecule has 0 fully saturated rings. The maximum Gasteiger partial charge on any atom is 0.322 e. The third-order valence-corrected chi connectivity index (χ3v) is 4.94. The number of esters is 1. The number of fused-ring (bicyclic) bond motifs is 1.